The molecule has 152 valence electrons. The molecule has 2 heterocycles. The molecule has 0 aliphatic carbocycles. The highest BCUT2D eigenvalue weighted by Gasteiger charge is 2.39. The molecule has 1 aromatic heterocycles. The molecule has 5 nitrogen and oxygen atoms in total. The van der Waals surface area contributed by atoms with Crippen LogP contribution < -0.4 is 10.6 Å². The number of benzene rings is 2. The molecule has 1 fully saturated rings. The maximum Gasteiger partial charge on any atom is 0.471 e. The molecule has 0 spiro atoms. The van der Waals surface area contributed by atoms with Gasteiger partial charge >= 0.3 is 12.1 Å². The van der Waals surface area contributed by atoms with E-state index in [-0.39, 0.29) is 5.92 Å². The number of amides is 1. The largest absolute Gasteiger partial charge is 0.471 e. The fourth-order valence-corrected chi connectivity index (χ4v) is 3.36. The predicted octanol–water partition coefficient (Wildman–Crippen LogP) is 4.60. The quantitative estimate of drug-likeness (QED) is 0.623. The standard InChI is InChI=1S/C20H17F4N3O2/c21-14-9-12(1-3-15(14)27-19(28)20(22,23)24)13-2-4-17-16(10-13)26-18(29-17)11-5-7-25-8-6-11/h1-4,9-11,25H,5-8H2,(H,27,28). The van der Waals surface area contributed by atoms with Gasteiger partial charge in [0.15, 0.2) is 11.5 Å². The number of anilines is 1. The van der Waals surface area contributed by atoms with Gasteiger partial charge in [-0.25, -0.2) is 9.37 Å². The van der Waals surface area contributed by atoms with Crippen LogP contribution in [0.25, 0.3) is 22.2 Å². The van der Waals surface area contributed by atoms with Crippen molar-refractivity contribution in [2.24, 2.45) is 0 Å². The number of nitrogens with one attached hydrogen (secondary N) is 2. The Morgan fingerprint density at radius 1 is 1.10 bits per heavy atom. The maximum atomic E-state index is 14.2. The summed E-state index contributed by atoms with van der Waals surface area (Å²) in [4.78, 5) is 15.6. The Balaban J connectivity index is 1.59. The van der Waals surface area contributed by atoms with E-state index in [1.807, 2.05) is 0 Å². The van der Waals surface area contributed by atoms with Gasteiger partial charge in [-0.1, -0.05) is 12.1 Å². The van der Waals surface area contributed by atoms with Crippen LogP contribution in [0.5, 0.6) is 0 Å². The van der Waals surface area contributed by atoms with E-state index < -0.39 is 23.6 Å². The minimum absolute atomic E-state index is 0.251. The zero-order chi connectivity index (χ0) is 20.6. The van der Waals surface area contributed by atoms with Crippen LogP contribution in [0.3, 0.4) is 0 Å². The van der Waals surface area contributed by atoms with E-state index in [4.69, 9.17) is 4.42 Å². The number of oxazole rings is 1. The first-order valence-electron chi connectivity index (χ1n) is 9.10. The normalized spacial score (nSPS) is 15.6. The van der Waals surface area contributed by atoms with E-state index in [0.29, 0.717) is 28.1 Å². The number of halogens is 4. The predicted molar refractivity (Wildman–Crippen MR) is 98.9 cm³/mol. The number of nitrogens with zero attached hydrogens (tertiary/aromatic N) is 1. The lowest BCUT2D eigenvalue weighted by atomic mass is 9.98. The van der Waals surface area contributed by atoms with Crippen LogP contribution in [0.15, 0.2) is 40.8 Å². The number of piperidine rings is 1. The number of aromatic nitrogens is 1. The third kappa shape index (κ3) is 4.09. The van der Waals surface area contributed by atoms with Gasteiger partial charge in [0.1, 0.15) is 11.3 Å². The third-order valence-electron chi connectivity index (χ3n) is 4.90. The molecule has 1 aliphatic heterocycles. The third-order valence-corrected chi connectivity index (χ3v) is 4.90. The van der Waals surface area contributed by atoms with Crippen molar-refractivity contribution in [1.82, 2.24) is 10.3 Å². The summed E-state index contributed by atoms with van der Waals surface area (Å²) in [6.07, 6.45) is -3.21. The highest BCUT2D eigenvalue weighted by molar-refractivity contribution is 5.95. The van der Waals surface area contributed by atoms with Crippen LogP contribution in [0.1, 0.15) is 24.7 Å². The molecule has 0 unspecified atom stereocenters. The summed E-state index contributed by atoms with van der Waals surface area (Å²) >= 11 is 0. The Hall–Kier alpha value is -2.94. The second-order valence-electron chi connectivity index (χ2n) is 6.91. The number of hydrogen-bond acceptors (Lipinski definition) is 4. The van der Waals surface area contributed by atoms with Gasteiger partial charge in [-0.3, -0.25) is 4.79 Å². The topological polar surface area (TPSA) is 67.2 Å². The van der Waals surface area contributed by atoms with E-state index in [0.717, 1.165) is 38.1 Å². The summed E-state index contributed by atoms with van der Waals surface area (Å²) in [6, 6.07) is 8.81. The van der Waals surface area contributed by atoms with Crippen molar-refractivity contribution in [3.8, 4) is 11.1 Å². The lowest BCUT2D eigenvalue weighted by Gasteiger charge is -2.19. The molecule has 1 aliphatic rings. The lowest BCUT2D eigenvalue weighted by molar-refractivity contribution is -0.167. The fraction of sp³-hybridized carbons (Fsp3) is 0.300. The Labute approximate surface area is 163 Å². The van der Waals surface area contributed by atoms with Crippen molar-refractivity contribution in [1.29, 1.82) is 0 Å². The minimum atomic E-state index is -5.09. The number of hydrogen-bond donors (Lipinski definition) is 2. The minimum Gasteiger partial charge on any atom is -0.440 e. The number of fused-ring (bicyclic) bond motifs is 1. The van der Waals surface area contributed by atoms with Crippen LogP contribution in [0.4, 0.5) is 23.2 Å². The monoisotopic (exact) mass is 407 g/mol. The average molecular weight is 407 g/mol. The number of alkyl halides is 3. The van der Waals surface area contributed by atoms with Gasteiger partial charge < -0.3 is 15.1 Å². The highest BCUT2D eigenvalue weighted by Crippen LogP contribution is 2.31. The van der Waals surface area contributed by atoms with Gasteiger partial charge in [0.05, 0.1) is 5.69 Å². The first kappa shape index (κ1) is 19.4. The molecule has 1 amide bonds. The van der Waals surface area contributed by atoms with E-state index in [1.54, 1.807) is 18.2 Å². The summed E-state index contributed by atoms with van der Waals surface area (Å²) < 4.78 is 57.1. The molecular weight excluding hydrogens is 390 g/mol. The summed E-state index contributed by atoms with van der Waals surface area (Å²) in [6.45, 7) is 1.82. The van der Waals surface area contributed by atoms with Crippen molar-refractivity contribution < 1.29 is 26.8 Å². The molecule has 0 bridgehead atoms. The molecule has 2 N–H and O–H groups in total. The number of carbonyl (C=O) groups excluding carboxylic acids is 1. The van der Waals surface area contributed by atoms with E-state index in [1.165, 1.54) is 11.4 Å². The summed E-state index contributed by atoms with van der Waals surface area (Å²) in [5.41, 5.74) is 1.80. The second-order valence-corrected chi connectivity index (χ2v) is 6.91. The zero-order valence-corrected chi connectivity index (χ0v) is 15.1. The SMILES string of the molecule is O=C(Nc1ccc(-c2ccc3oc(C4CCNCC4)nc3c2)cc1F)C(F)(F)F. The molecule has 1 saturated heterocycles. The van der Waals surface area contributed by atoms with Crippen molar-refractivity contribution in [2.75, 3.05) is 18.4 Å². The van der Waals surface area contributed by atoms with Crippen molar-refractivity contribution >= 4 is 22.7 Å². The average Bonchev–Trinajstić information content (AvgIpc) is 3.13. The first-order valence-corrected chi connectivity index (χ1v) is 9.10. The van der Waals surface area contributed by atoms with Crippen LogP contribution >= 0.6 is 0 Å². The molecule has 0 radical (unpaired) electrons. The number of carbonyl (C=O) groups is 1. The molecule has 4 rings (SSSR count). The maximum absolute atomic E-state index is 14.2. The molecule has 29 heavy (non-hydrogen) atoms. The van der Waals surface area contributed by atoms with Gasteiger partial charge in [-0.05, 0) is 61.3 Å². The molecule has 9 heteroatoms. The molecular formula is C20H17F4N3O2. The second kappa shape index (κ2) is 7.47. The van der Waals surface area contributed by atoms with Crippen molar-refractivity contribution in [2.45, 2.75) is 24.9 Å². The Kier molecular flexibility index (Phi) is 4.99. The summed E-state index contributed by atoms with van der Waals surface area (Å²) in [7, 11) is 0. The highest BCUT2D eigenvalue weighted by atomic mass is 19.4. The van der Waals surface area contributed by atoms with Crippen LogP contribution in [0, 0.1) is 5.82 Å². The van der Waals surface area contributed by atoms with Gasteiger partial charge in [-0.2, -0.15) is 13.2 Å². The Bertz CT molecular complexity index is 1060. The summed E-state index contributed by atoms with van der Waals surface area (Å²) in [5.74, 6) is -2.26. The first-order chi connectivity index (χ1) is 13.8. The van der Waals surface area contributed by atoms with Crippen LogP contribution in [-0.4, -0.2) is 30.2 Å². The van der Waals surface area contributed by atoms with Crippen molar-refractivity contribution in [3.63, 3.8) is 0 Å². The Morgan fingerprint density at radius 2 is 1.79 bits per heavy atom. The van der Waals surface area contributed by atoms with Gasteiger partial charge in [0.2, 0.25) is 0 Å². The van der Waals surface area contributed by atoms with E-state index in [2.05, 4.69) is 10.3 Å². The van der Waals surface area contributed by atoms with Gasteiger partial charge in [0.25, 0.3) is 0 Å². The zero-order valence-electron chi connectivity index (χ0n) is 15.1. The van der Waals surface area contributed by atoms with Crippen LogP contribution in [-0.2, 0) is 4.79 Å². The molecule has 2 aromatic carbocycles. The smallest absolute Gasteiger partial charge is 0.440 e. The van der Waals surface area contributed by atoms with E-state index >= 15 is 0 Å². The number of rotatable bonds is 3. The van der Waals surface area contributed by atoms with Gasteiger partial charge in [0, 0.05) is 5.92 Å². The van der Waals surface area contributed by atoms with Crippen molar-refractivity contribution in [3.05, 3.63) is 48.1 Å². The molecule has 0 saturated carbocycles. The Morgan fingerprint density at radius 3 is 2.48 bits per heavy atom. The van der Waals surface area contributed by atoms with Gasteiger partial charge in [-0.15, -0.1) is 0 Å². The summed E-state index contributed by atoms with van der Waals surface area (Å²) in [5, 5.41) is 4.81. The fourth-order valence-electron chi connectivity index (χ4n) is 3.36. The lowest BCUT2D eigenvalue weighted by Crippen LogP contribution is -2.30. The molecule has 0 atom stereocenters. The van der Waals surface area contributed by atoms with E-state index in [9.17, 15) is 22.4 Å². The van der Waals surface area contributed by atoms with Crippen LogP contribution in [0.2, 0.25) is 0 Å². The molecule has 3 aromatic rings.